The lowest BCUT2D eigenvalue weighted by Gasteiger charge is -2.17. The topological polar surface area (TPSA) is 55.4 Å². The number of rotatable bonds is 6. The van der Waals surface area contributed by atoms with Crippen LogP contribution in [0.1, 0.15) is 24.9 Å². The molecular formula is C12H12BrF2NO3. The third kappa shape index (κ3) is 4.27. The summed E-state index contributed by atoms with van der Waals surface area (Å²) < 4.78 is 32.0. The van der Waals surface area contributed by atoms with Crippen LogP contribution in [0.5, 0.6) is 0 Å². The first-order valence-electron chi connectivity index (χ1n) is 5.49. The molecule has 1 atom stereocenters. The molecule has 0 bridgehead atoms. The molecule has 1 aromatic rings. The summed E-state index contributed by atoms with van der Waals surface area (Å²) in [6, 6.07) is 1.28. The second-order valence-corrected chi connectivity index (χ2v) is 4.55. The quantitative estimate of drug-likeness (QED) is 0.493. The molecular weight excluding hydrogens is 324 g/mol. The number of hydrogen-bond donors (Lipinski definition) is 1. The molecule has 19 heavy (non-hydrogen) atoms. The van der Waals surface area contributed by atoms with Gasteiger partial charge in [0.15, 0.2) is 11.6 Å². The third-order valence-corrected chi connectivity index (χ3v) is 2.80. The second-order valence-electron chi connectivity index (χ2n) is 3.64. The van der Waals surface area contributed by atoms with Gasteiger partial charge in [0, 0.05) is 10.0 Å². The van der Waals surface area contributed by atoms with Crippen LogP contribution in [0.4, 0.5) is 8.78 Å². The predicted octanol–water partition coefficient (Wildman–Crippen LogP) is 2.47. The van der Waals surface area contributed by atoms with E-state index in [2.05, 4.69) is 21.2 Å². The zero-order valence-electron chi connectivity index (χ0n) is 10.1. The fourth-order valence-electron chi connectivity index (χ4n) is 1.56. The van der Waals surface area contributed by atoms with E-state index < -0.39 is 23.6 Å². The second kappa shape index (κ2) is 7.18. The highest BCUT2D eigenvalue weighted by Crippen LogP contribution is 2.26. The number of esters is 1. The molecule has 1 aromatic carbocycles. The highest BCUT2D eigenvalue weighted by atomic mass is 79.9. The molecule has 0 aliphatic rings. The zero-order chi connectivity index (χ0) is 14.4. The van der Waals surface area contributed by atoms with Crippen molar-refractivity contribution in [2.24, 2.45) is 0 Å². The number of ether oxygens (including phenoxy) is 1. The van der Waals surface area contributed by atoms with Gasteiger partial charge in [0.05, 0.1) is 19.1 Å². The summed E-state index contributed by atoms with van der Waals surface area (Å²) in [5.41, 5.74) is -0.118. The number of benzene rings is 1. The predicted molar refractivity (Wildman–Crippen MR) is 67.2 cm³/mol. The summed E-state index contributed by atoms with van der Waals surface area (Å²) in [4.78, 5) is 21.9. The molecule has 1 rings (SSSR count). The molecule has 0 radical (unpaired) electrons. The fourth-order valence-corrected chi connectivity index (χ4v) is 2.00. The van der Waals surface area contributed by atoms with Gasteiger partial charge < -0.3 is 10.1 Å². The van der Waals surface area contributed by atoms with Crippen LogP contribution < -0.4 is 5.32 Å². The lowest BCUT2D eigenvalue weighted by molar-refractivity contribution is -0.143. The van der Waals surface area contributed by atoms with Crippen molar-refractivity contribution < 1.29 is 23.1 Å². The van der Waals surface area contributed by atoms with Crippen molar-refractivity contribution in [3.8, 4) is 0 Å². The number of nitrogens with one attached hydrogen (secondary N) is 1. The lowest BCUT2D eigenvalue weighted by Crippen LogP contribution is -2.24. The first kappa shape index (κ1) is 15.6. The average Bonchev–Trinajstić information content (AvgIpc) is 2.33. The van der Waals surface area contributed by atoms with Crippen molar-refractivity contribution in [3.05, 3.63) is 33.8 Å². The van der Waals surface area contributed by atoms with Gasteiger partial charge >= 0.3 is 5.97 Å². The van der Waals surface area contributed by atoms with E-state index in [1.807, 2.05) is 0 Å². The Balaban J connectivity index is 3.04. The normalized spacial score (nSPS) is 11.8. The monoisotopic (exact) mass is 335 g/mol. The minimum absolute atomic E-state index is 0.118. The molecule has 0 saturated heterocycles. The van der Waals surface area contributed by atoms with E-state index in [-0.39, 0.29) is 18.6 Å². The third-order valence-electron chi connectivity index (χ3n) is 2.34. The van der Waals surface area contributed by atoms with Gasteiger partial charge in [-0.05, 0) is 19.1 Å². The van der Waals surface area contributed by atoms with Crippen molar-refractivity contribution in [2.75, 3.05) is 6.61 Å². The van der Waals surface area contributed by atoms with E-state index in [9.17, 15) is 18.4 Å². The molecule has 0 aromatic heterocycles. The van der Waals surface area contributed by atoms with Crippen LogP contribution in [0.3, 0.4) is 0 Å². The molecule has 4 nitrogen and oxygen atoms in total. The molecule has 0 saturated carbocycles. The van der Waals surface area contributed by atoms with Gasteiger partial charge in [0.1, 0.15) is 0 Å². The van der Waals surface area contributed by atoms with Crippen molar-refractivity contribution in [3.63, 3.8) is 0 Å². The van der Waals surface area contributed by atoms with Crippen molar-refractivity contribution in [1.29, 1.82) is 0 Å². The van der Waals surface area contributed by atoms with Gasteiger partial charge in [-0.3, -0.25) is 9.59 Å². The molecule has 1 amide bonds. The molecule has 0 aliphatic heterocycles. The number of amides is 1. The Labute approximate surface area is 117 Å². The molecule has 0 spiro atoms. The number of hydrogen-bond acceptors (Lipinski definition) is 3. The summed E-state index contributed by atoms with van der Waals surface area (Å²) in [7, 11) is 0. The van der Waals surface area contributed by atoms with Crippen LogP contribution in [0.15, 0.2) is 16.6 Å². The van der Waals surface area contributed by atoms with E-state index in [1.54, 1.807) is 6.92 Å². The molecule has 0 heterocycles. The Hall–Kier alpha value is -1.50. The van der Waals surface area contributed by atoms with E-state index in [0.29, 0.717) is 10.9 Å². The van der Waals surface area contributed by atoms with Gasteiger partial charge in [-0.25, -0.2) is 8.78 Å². The number of carbonyl (C=O) groups excluding carboxylic acids is 2. The minimum Gasteiger partial charge on any atom is -0.466 e. The molecule has 1 N–H and O–H groups in total. The van der Waals surface area contributed by atoms with Crippen LogP contribution in [-0.2, 0) is 14.3 Å². The summed E-state index contributed by atoms with van der Waals surface area (Å²) in [5.74, 6) is -2.78. The van der Waals surface area contributed by atoms with Crippen LogP contribution >= 0.6 is 15.9 Å². The fraction of sp³-hybridized carbons (Fsp3) is 0.333. The van der Waals surface area contributed by atoms with E-state index in [4.69, 9.17) is 4.74 Å². The molecule has 104 valence electrons. The Morgan fingerprint density at radius 1 is 1.53 bits per heavy atom. The maximum absolute atomic E-state index is 13.7. The standard InChI is InChI=1S/C12H12BrF2NO3/c1-2-19-11(18)5-10(16-6-17)8-3-7(13)4-9(14)12(8)15/h3-4,6,10H,2,5H2,1H3,(H,16,17). The Kier molecular flexibility index (Phi) is 5.88. The Bertz CT molecular complexity index is 482. The summed E-state index contributed by atoms with van der Waals surface area (Å²) in [6.45, 7) is 1.79. The average molecular weight is 336 g/mol. The zero-order valence-corrected chi connectivity index (χ0v) is 11.7. The van der Waals surface area contributed by atoms with Crippen LogP contribution in [-0.4, -0.2) is 19.0 Å². The SMILES string of the molecule is CCOC(=O)CC(NC=O)c1cc(Br)cc(F)c1F. The van der Waals surface area contributed by atoms with Gasteiger partial charge in [-0.1, -0.05) is 15.9 Å². The van der Waals surface area contributed by atoms with E-state index in [0.717, 1.165) is 6.07 Å². The molecule has 7 heteroatoms. The van der Waals surface area contributed by atoms with Gasteiger partial charge in [0.25, 0.3) is 0 Å². The van der Waals surface area contributed by atoms with Crippen LogP contribution in [0.25, 0.3) is 0 Å². The van der Waals surface area contributed by atoms with Crippen LogP contribution in [0, 0.1) is 11.6 Å². The van der Waals surface area contributed by atoms with Crippen LogP contribution in [0.2, 0.25) is 0 Å². The van der Waals surface area contributed by atoms with Crippen molar-refractivity contribution in [2.45, 2.75) is 19.4 Å². The first-order valence-corrected chi connectivity index (χ1v) is 6.28. The highest BCUT2D eigenvalue weighted by Gasteiger charge is 2.22. The highest BCUT2D eigenvalue weighted by molar-refractivity contribution is 9.10. The number of carbonyl (C=O) groups is 2. The van der Waals surface area contributed by atoms with Crippen molar-refractivity contribution in [1.82, 2.24) is 5.32 Å². The molecule has 1 unspecified atom stereocenters. The molecule has 0 aliphatic carbocycles. The summed E-state index contributed by atoms with van der Waals surface area (Å²) in [6.07, 6.45) is 0.0432. The van der Waals surface area contributed by atoms with E-state index >= 15 is 0 Å². The maximum atomic E-state index is 13.7. The summed E-state index contributed by atoms with van der Waals surface area (Å²) >= 11 is 3.02. The number of halogens is 3. The van der Waals surface area contributed by atoms with Gasteiger partial charge in [-0.15, -0.1) is 0 Å². The largest absolute Gasteiger partial charge is 0.466 e. The molecule has 0 fully saturated rings. The van der Waals surface area contributed by atoms with Crippen molar-refractivity contribution >= 4 is 28.3 Å². The Morgan fingerprint density at radius 2 is 2.21 bits per heavy atom. The first-order chi connectivity index (χ1) is 8.99. The minimum atomic E-state index is -1.10. The lowest BCUT2D eigenvalue weighted by atomic mass is 10.0. The van der Waals surface area contributed by atoms with Gasteiger partial charge in [-0.2, -0.15) is 0 Å². The Morgan fingerprint density at radius 3 is 2.79 bits per heavy atom. The maximum Gasteiger partial charge on any atom is 0.308 e. The summed E-state index contributed by atoms with van der Waals surface area (Å²) in [5, 5.41) is 2.27. The van der Waals surface area contributed by atoms with Gasteiger partial charge in [0.2, 0.25) is 6.41 Å². The smallest absolute Gasteiger partial charge is 0.308 e. The van der Waals surface area contributed by atoms with E-state index in [1.165, 1.54) is 6.07 Å².